The molecule has 3 heterocycles. The first kappa shape index (κ1) is 39.2. The predicted octanol–water partition coefficient (Wildman–Crippen LogP) is 14.2. The van der Waals surface area contributed by atoms with Crippen LogP contribution in [0, 0.1) is 0 Å². The summed E-state index contributed by atoms with van der Waals surface area (Å²) in [5.74, 6) is 5.30. The van der Waals surface area contributed by atoms with Gasteiger partial charge in [-0.05, 0) is 51.6 Å². The summed E-state index contributed by atoms with van der Waals surface area (Å²) < 4.78 is 6.78. The Labute approximate surface area is 393 Å². The molecule has 1 spiro atoms. The molecule has 9 aromatic carbocycles. The fourth-order valence-electron chi connectivity index (χ4n) is 10.0. The minimum Gasteiger partial charge on any atom is -0.457 e. The molecule has 0 N–H and O–H groups in total. The number of aromatic nitrogens is 6. The number of fused-ring (bicyclic) bond motifs is 9. The fourth-order valence-corrected chi connectivity index (χ4v) is 10.0. The van der Waals surface area contributed by atoms with Crippen molar-refractivity contribution in [1.29, 1.82) is 0 Å². The summed E-state index contributed by atoms with van der Waals surface area (Å²) in [5.41, 5.74) is 13.5. The zero-order valence-electron chi connectivity index (χ0n) is 36.5. The first-order valence-corrected chi connectivity index (χ1v) is 22.7. The molecule has 1 aliphatic heterocycles. The molecule has 0 bridgehead atoms. The number of nitrogens with zero attached hydrogens (tertiary/aromatic N) is 6. The molecule has 0 radical (unpaired) electrons. The Kier molecular flexibility index (Phi) is 9.25. The second kappa shape index (κ2) is 16.0. The van der Waals surface area contributed by atoms with E-state index >= 15 is 0 Å². The Morgan fingerprint density at radius 2 is 0.618 bits per heavy atom. The van der Waals surface area contributed by atoms with E-state index in [4.69, 9.17) is 34.6 Å². The topological polar surface area (TPSA) is 86.6 Å². The van der Waals surface area contributed by atoms with E-state index in [9.17, 15) is 0 Å². The van der Waals surface area contributed by atoms with Gasteiger partial charge in [0, 0.05) is 44.5 Å². The van der Waals surface area contributed by atoms with Crippen molar-refractivity contribution in [2.24, 2.45) is 0 Å². The minimum absolute atomic E-state index is 0.600. The Morgan fingerprint density at radius 1 is 0.250 bits per heavy atom. The highest BCUT2D eigenvalue weighted by atomic mass is 16.5. The summed E-state index contributed by atoms with van der Waals surface area (Å²) in [4.78, 5) is 30.6. The summed E-state index contributed by atoms with van der Waals surface area (Å²) in [5, 5.41) is 0. The highest BCUT2D eigenvalue weighted by Crippen LogP contribution is 2.64. The van der Waals surface area contributed by atoms with Crippen LogP contribution in [0.15, 0.2) is 231 Å². The average molecular weight is 871 g/mol. The van der Waals surface area contributed by atoms with E-state index in [0.717, 1.165) is 89.4 Å². The van der Waals surface area contributed by atoms with E-state index in [1.54, 1.807) is 0 Å². The standard InChI is InChI=1S/C61H38N6O/c1-5-18-40(19-6-1)55-62-56(41-20-7-2-8-21-41)64-59(63-55)44-34-32-39(33-35-44)45-36-37-46-47-26-17-27-48(60-66-57(42-22-9-3-10-23-42)65-58(67-60)43-24-11-4-12-25-43)54(47)61(51(46)38-45)49-28-13-15-30-52(49)68-53-31-16-14-29-50(53)61/h1-38H. The molecule has 13 rings (SSSR count). The molecule has 2 aromatic heterocycles. The van der Waals surface area contributed by atoms with Crippen LogP contribution in [-0.2, 0) is 5.41 Å². The van der Waals surface area contributed by atoms with Crippen molar-refractivity contribution in [3.63, 3.8) is 0 Å². The highest BCUT2D eigenvalue weighted by molar-refractivity contribution is 5.95. The molecule has 68 heavy (non-hydrogen) atoms. The summed E-state index contributed by atoms with van der Waals surface area (Å²) >= 11 is 0. The Bertz CT molecular complexity index is 3530. The smallest absolute Gasteiger partial charge is 0.164 e. The normalized spacial score (nSPS) is 12.6. The van der Waals surface area contributed by atoms with Gasteiger partial charge in [-0.15, -0.1) is 0 Å². The third-order valence-corrected chi connectivity index (χ3v) is 13.1. The van der Waals surface area contributed by atoms with E-state index in [2.05, 4.69) is 97.1 Å². The van der Waals surface area contributed by atoms with E-state index in [1.807, 2.05) is 133 Å². The minimum atomic E-state index is -0.804. The van der Waals surface area contributed by atoms with Crippen molar-refractivity contribution >= 4 is 0 Å². The molecule has 0 fully saturated rings. The third-order valence-electron chi connectivity index (χ3n) is 13.1. The lowest BCUT2D eigenvalue weighted by atomic mass is 9.64. The van der Waals surface area contributed by atoms with Crippen LogP contribution < -0.4 is 4.74 Å². The fraction of sp³-hybridized carbons (Fsp3) is 0.0164. The highest BCUT2D eigenvalue weighted by Gasteiger charge is 2.52. The molecule has 0 amide bonds. The van der Waals surface area contributed by atoms with Crippen LogP contribution in [0.4, 0.5) is 0 Å². The number of benzene rings is 9. The van der Waals surface area contributed by atoms with Gasteiger partial charge in [0.05, 0.1) is 5.41 Å². The van der Waals surface area contributed by atoms with Crippen LogP contribution in [0.3, 0.4) is 0 Å². The molecular weight excluding hydrogens is 833 g/mol. The van der Waals surface area contributed by atoms with Crippen molar-refractivity contribution in [2.75, 3.05) is 0 Å². The van der Waals surface area contributed by atoms with Gasteiger partial charge in [0.2, 0.25) is 0 Å². The van der Waals surface area contributed by atoms with Gasteiger partial charge in [0.15, 0.2) is 34.9 Å². The number of hydrogen-bond donors (Lipinski definition) is 0. The molecule has 318 valence electrons. The molecule has 11 aromatic rings. The number of hydrogen-bond acceptors (Lipinski definition) is 7. The lowest BCUT2D eigenvalue weighted by Gasteiger charge is -2.40. The molecule has 2 aliphatic rings. The van der Waals surface area contributed by atoms with Gasteiger partial charge in [0.1, 0.15) is 11.5 Å². The third kappa shape index (κ3) is 6.43. The summed E-state index contributed by atoms with van der Waals surface area (Å²) in [6.07, 6.45) is 0. The zero-order chi connectivity index (χ0) is 45.0. The molecule has 0 saturated carbocycles. The van der Waals surface area contributed by atoms with Crippen molar-refractivity contribution in [3.8, 4) is 102 Å². The van der Waals surface area contributed by atoms with Crippen LogP contribution >= 0.6 is 0 Å². The van der Waals surface area contributed by atoms with E-state index < -0.39 is 5.41 Å². The lowest BCUT2D eigenvalue weighted by Crippen LogP contribution is -2.32. The SMILES string of the molecule is c1ccc(-c2nc(-c3ccccc3)nc(-c3ccc(-c4ccc5c(c4)C4(c6ccccc6Oc6ccccc64)c4c(-c6nc(-c7ccccc7)nc(-c7ccccc7)n6)cccc4-5)cc3)n2)cc1. The summed E-state index contributed by atoms with van der Waals surface area (Å²) in [7, 11) is 0. The van der Waals surface area contributed by atoms with Gasteiger partial charge in [0.25, 0.3) is 0 Å². The van der Waals surface area contributed by atoms with Gasteiger partial charge < -0.3 is 4.74 Å². The van der Waals surface area contributed by atoms with E-state index in [1.165, 1.54) is 0 Å². The largest absolute Gasteiger partial charge is 0.457 e. The van der Waals surface area contributed by atoms with Crippen molar-refractivity contribution in [2.45, 2.75) is 5.41 Å². The lowest BCUT2D eigenvalue weighted by molar-refractivity contribution is 0.436. The monoisotopic (exact) mass is 870 g/mol. The van der Waals surface area contributed by atoms with Crippen LogP contribution in [0.5, 0.6) is 11.5 Å². The Balaban J connectivity index is 0.999. The number of para-hydroxylation sites is 2. The molecular formula is C61H38N6O. The van der Waals surface area contributed by atoms with Gasteiger partial charge in [-0.1, -0.05) is 212 Å². The maximum absolute atomic E-state index is 6.78. The first-order valence-electron chi connectivity index (χ1n) is 22.7. The van der Waals surface area contributed by atoms with Crippen molar-refractivity contribution in [1.82, 2.24) is 29.9 Å². The molecule has 7 heteroatoms. The van der Waals surface area contributed by atoms with E-state index in [0.29, 0.717) is 34.9 Å². The van der Waals surface area contributed by atoms with Gasteiger partial charge in [-0.25, -0.2) is 29.9 Å². The van der Waals surface area contributed by atoms with Crippen LogP contribution in [0.1, 0.15) is 22.3 Å². The molecule has 7 nitrogen and oxygen atoms in total. The average Bonchev–Trinajstić information content (AvgIpc) is 3.71. The van der Waals surface area contributed by atoms with Gasteiger partial charge >= 0.3 is 0 Å². The predicted molar refractivity (Wildman–Crippen MR) is 269 cm³/mol. The van der Waals surface area contributed by atoms with Crippen LogP contribution in [-0.4, -0.2) is 29.9 Å². The molecule has 1 aliphatic carbocycles. The molecule has 0 atom stereocenters. The maximum atomic E-state index is 6.78. The summed E-state index contributed by atoms with van der Waals surface area (Å²) in [6, 6.07) is 79.3. The van der Waals surface area contributed by atoms with Crippen LogP contribution in [0.2, 0.25) is 0 Å². The maximum Gasteiger partial charge on any atom is 0.164 e. The van der Waals surface area contributed by atoms with E-state index in [-0.39, 0.29) is 0 Å². The second-order valence-electron chi connectivity index (χ2n) is 17.0. The zero-order valence-corrected chi connectivity index (χ0v) is 36.5. The number of ether oxygens (including phenoxy) is 1. The van der Waals surface area contributed by atoms with Crippen molar-refractivity contribution < 1.29 is 4.74 Å². The van der Waals surface area contributed by atoms with Crippen LogP contribution in [0.25, 0.3) is 90.6 Å². The summed E-state index contributed by atoms with van der Waals surface area (Å²) in [6.45, 7) is 0. The number of rotatable bonds is 7. The Hall–Kier alpha value is -9.20. The Morgan fingerprint density at radius 3 is 1.09 bits per heavy atom. The molecule has 0 unspecified atom stereocenters. The first-order chi connectivity index (χ1) is 33.7. The van der Waals surface area contributed by atoms with Gasteiger partial charge in [-0.3, -0.25) is 0 Å². The van der Waals surface area contributed by atoms with Crippen molar-refractivity contribution in [3.05, 3.63) is 253 Å². The second-order valence-corrected chi connectivity index (χ2v) is 17.0. The quantitative estimate of drug-likeness (QED) is 0.158. The van der Waals surface area contributed by atoms with Gasteiger partial charge in [-0.2, -0.15) is 0 Å². The molecule has 0 saturated heterocycles.